The molecule has 1 fully saturated rings. The summed E-state index contributed by atoms with van der Waals surface area (Å²) in [7, 11) is 1.96. The maximum absolute atomic E-state index is 13.7. The van der Waals surface area contributed by atoms with E-state index in [0.717, 1.165) is 19.4 Å². The van der Waals surface area contributed by atoms with Crippen LogP contribution in [0.3, 0.4) is 0 Å². The zero-order valence-corrected chi connectivity index (χ0v) is 11.8. The molecule has 3 nitrogen and oxygen atoms in total. The number of nitrogens with two attached hydrogens (primary N) is 1. The molecule has 5 heteroatoms. The first-order valence-electron chi connectivity index (χ1n) is 6.40. The lowest BCUT2D eigenvalue weighted by molar-refractivity contribution is 0.0272. The molecule has 1 aliphatic carbocycles. The molecule has 1 aromatic rings. The molecule has 0 heterocycles. The fourth-order valence-electron chi connectivity index (χ4n) is 2.49. The second-order valence-electron chi connectivity index (χ2n) is 5.36. The van der Waals surface area contributed by atoms with Crippen molar-refractivity contribution in [3.8, 4) is 0 Å². The average molecular weight is 282 g/mol. The Morgan fingerprint density at radius 1 is 1.53 bits per heavy atom. The smallest absolute Gasteiger partial charge is 0.127 e. The fraction of sp³-hybridized carbons (Fsp3) is 0.500. The van der Waals surface area contributed by atoms with E-state index in [1.165, 1.54) is 6.07 Å². The molecule has 1 saturated carbocycles. The monoisotopic (exact) mass is 282 g/mol. The zero-order chi connectivity index (χ0) is 14.0. The van der Waals surface area contributed by atoms with Crippen molar-refractivity contribution >= 4 is 17.2 Å². The molecular formula is C14H19FN2OS. The van der Waals surface area contributed by atoms with Gasteiger partial charge in [0.2, 0.25) is 0 Å². The molecule has 0 aliphatic heterocycles. The van der Waals surface area contributed by atoms with E-state index in [9.17, 15) is 9.50 Å². The zero-order valence-electron chi connectivity index (χ0n) is 11.0. The van der Waals surface area contributed by atoms with Crippen LogP contribution in [-0.4, -0.2) is 34.7 Å². The third-order valence-electron chi connectivity index (χ3n) is 3.55. The first-order valence-corrected chi connectivity index (χ1v) is 6.81. The molecule has 0 bridgehead atoms. The van der Waals surface area contributed by atoms with Gasteiger partial charge in [0.25, 0.3) is 0 Å². The summed E-state index contributed by atoms with van der Waals surface area (Å²) in [6, 6.07) is 4.72. The summed E-state index contributed by atoms with van der Waals surface area (Å²) in [5.41, 5.74) is 6.86. The van der Waals surface area contributed by atoms with Gasteiger partial charge in [-0.05, 0) is 44.0 Å². The van der Waals surface area contributed by atoms with Gasteiger partial charge in [0.1, 0.15) is 10.8 Å². The summed E-state index contributed by atoms with van der Waals surface area (Å²) < 4.78 is 13.7. The fourth-order valence-corrected chi connectivity index (χ4v) is 2.62. The Hall–Kier alpha value is -1.04. The van der Waals surface area contributed by atoms with Crippen molar-refractivity contribution in [2.24, 2.45) is 11.7 Å². The van der Waals surface area contributed by atoms with E-state index in [4.69, 9.17) is 18.0 Å². The van der Waals surface area contributed by atoms with Crippen molar-refractivity contribution in [2.45, 2.75) is 25.5 Å². The van der Waals surface area contributed by atoms with Crippen molar-refractivity contribution in [3.63, 3.8) is 0 Å². The van der Waals surface area contributed by atoms with Crippen LogP contribution >= 0.6 is 12.2 Å². The minimum atomic E-state index is -0.236. The second-order valence-corrected chi connectivity index (χ2v) is 5.80. The Morgan fingerprint density at radius 2 is 2.21 bits per heavy atom. The number of halogens is 1. The number of hydrogen-bond acceptors (Lipinski definition) is 3. The normalized spacial score (nSPS) is 22.3. The quantitative estimate of drug-likeness (QED) is 0.807. The van der Waals surface area contributed by atoms with Crippen molar-refractivity contribution < 1.29 is 9.50 Å². The Morgan fingerprint density at radius 3 is 2.79 bits per heavy atom. The van der Waals surface area contributed by atoms with Crippen LogP contribution < -0.4 is 5.73 Å². The first-order chi connectivity index (χ1) is 8.95. The van der Waals surface area contributed by atoms with Gasteiger partial charge in [0.15, 0.2) is 0 Å². The molecule has 3 N–H and O–H groups in total. The number of thiocarbonyl (C=S) groups is 1. The van der Waals surface area contributed by atoms with Gasteiger partial charge in [-0.15, -0.1) is 0 Å². The maximum Gasteiger partial charge on any atom is 0.127 e. The molecule has 2 rings (SSSR count). The highest BCUT2D eigenvalue weighted by Gasteiger charge is 2.27. The van der Waals surface area contributed by atoms with Crippen LogP contribution in [-0.2, 0) is 6.54 Å². The Labute approximate surface area is 118 Å². The molecule has 0 atom stereocenters. The minimum absolute atomic E-state index is 0.145. The van der Waals surface area contributed by atoms with Crippen LogP contribution in [0.15, 0.2) is 18.2 Å². The highest BCUT2D eigenvalue weighted by Crippen LogP contribution is 2.28. The first kappa shape index (κ1) is 14.4. The predicted molar refractivity (Wildman–Crippen MR) is 77.4 cm³/mol. The number of aliphatic hydroxyl groups is 1. The minimum Gasteiger partial charge on any atom is -0.393 e. The lowest BCUT2D eigenvalue weighted by atomic mass is 9.82. The number of benzene rings is 1. The van der Waals surface area contributed by atoms with E-state index in [0.29, 0.717) is 23.6 Å². The van der Waals surface area contributed by atoms with Crippen LogP contribution in [0.4, 0.5) is 4.39 Å². The summed E-state index contributed by atoms with van der Waals surface area (Å²) in [5.74, 6) is 0.280. The highest BCUT2D eigenvalue weighted by atomic mass is 32.1. The molecule has 0 aromatic heterocycles. The van der Waals surface area contributed by atoms with Gasteiger partial charge >= 0.3 is 0 Å². The van der Waals surface area contributed by atoms with Gasteiger partial charge in [-0.25, -0.2) is 4.39 Å². The third-order valence-corrected chi connectivity index (χ3v) is 3.79. The van der Waals surface area contributed by atoms with E-state index >= 15 is 0 Å². The molecule has 0 saturated heterocycles. The number of nitrogens with zero attached hydrogens (tertiary/aromatic N) is 1. The Kier molecular flexibility index (Phi) is 4.50. The van der Waals surface area contributed by atoms with Crippen molar-refractivity contribution in [3.05, 3.63) is 35.1 Å². The van der Waals surface area contributed by atoms with Crippen LogP contribution in [0.5, 0.6) is 0 Å². The summed E-state index contributed by atoms with van der Waals surface area (Å²) >= 11 is 4.90. The summed E-state index contributed by atoms with van der Waals surface area (Å²) in [5, 5.41) is 9.26. The highest BCUT2D eigenvalue weighted by molar-refractivity contribution is 7.80. The molecule has 1 aromatic carbocycles. The third kappa shape index (κ3) is 3.72. The average Bonchev–Trinajstić information content (AvgIpc) is 2.29. The van der Waals surface area contributed by atoms with Crippen LogP contribution in [0.1, 0.15) is 24.0 Å². The maximum atomic E-state index is 13.7. The summed E-state index contributed by atoms with van der Waals surface area (Å²) in [6.07, 6.45) is 1.55. The van der Waals surface area contributed by atoms with Crippen LogP contribution in [0.2, 0.25) is 0 Å². The largest absolute Gasteiger partial charge is 0.393 e. The van der Waals surface area contributed by atoms with E-state index in [-0.39, 0.29) is 16.9 Å². The summed E-state index contributed by atoms with van der Waals surface area (Å²) in [4.78, 5) is 2.35. The van der Waals surface area contributed by atoms with Gasteiger partial charge in [-0.1, -0.05) is 12.2 Å². The Balaban J connectivity index is 1.97. The molecule has 104 valence electrons. The van der Waals surface area contributed by atoms with Gasteiger partial charge in [0, 0.05) is 24.2 Å². The van der Waals surface area contributed by atoms with E-state index in [1.807, 2.05) is 7.05 Å². The molecule has 1 aliphatic rings. The predicted octanol–water partition coefficient (Wildman–Crippen LogP) is 1.66. The van der Waals surface area contributed by atoms with E-state index in [2.05, 4.69) is 4.90 Å². The van der Waals surface area contributed by atoms with E-state index < -0.39 is 0 Å². The molecular weight excluding hydrogens is 263 g/mol. The number of rotatable bonds is 5. The second kappa shape index (κ2) is 5.94. The Bertz CT molecular complexity index is 475. The van der Waals surface area contributed by atoms with Gasteiger partial charge in [-0.2, -0.15) is 0 Å². The van der Waals surface area contributed by atoms with Gasteiger partial charge in [-0.3, -0.25) is 0 Å². The van der Waals surface area contributed by atoms with E-state index in [1.54, 1.807) is 12.1 Å². The van der Waals surface area contributed by atoms with Crippen LogP contribution in [0.25, 0.3) is 0 Å². The van der Waals surface area contributed by atoms with Crippen LogP contribution in [0, 0.1) is 11.7 Å². The number of aliphatic hydroxyl groups excluding tert-OH is 1. The lowest BCUT2D eigenvalue weighted by Crippen LogP contribution is -2.36. The van der Waals surface area contributed by atoms with Crippen molar-refractivity contribution in [1.29, 1.82) is 0 Å². The van der Waals surface area contributed by atoms with Gasteiger partial charge in [0.05, 0.1) is 6.10 Å². The van der Waals surface area contributed by atoms with Crippen molar-refractivity contribution in [2.75, 3.05) is 13.6 Å². The molecule has 0 radical (unpaired) electrons. The topological polar surface area (TPSA) is 49.5 Å². The molecule has 0 spiro atoms. The standard InChI is InChI=1S/C14H19FN2OS/c1-17(7-9-4-12(18)5-9)8-11-6-10(14(16)19)2-3-13(11)15/h2-3,6,9,12,18H,4-5,7-8H2,1H3,(H2,16,19). The molecule has 19 heavy (non-hydrogen) atoms. The SMILES string of the molecule is CN(Cc1cc(C(N)=S)ccc1F)CC1CC(O)C1. The van der Waals surface area contributed by atoms with Gasteiger partial charge < -0.3 is 15.7 Å². The lowest BCUT2D eigenvalue weighted by Gasteiger charge is -2.34. The molecule has 0 unspecified atom stereocenters. The van der Waals surface area contributed by atoms with Crippen molar-refractivity contribution in [1.82, 2.24) is 4.90 Å². The molecule has 0 amide bonds. The number of hydrogen-bond donors (Lipinski definition) is 2. The summed E-state index contributed by atoms with van der Waals surface area (Å²) in [6.45, 7) is 1.39.